The number of thioether (sulfide) groups is 1. The van der Waals surface area contributed by atoms with Gasteiger partial charge in [-0.1, -0.05) is 67.1 Å². The Hall–Kier alpha value is -3.43. The molecule has 3 aliphatic rings. The molecule has 3 heterocycles. The van der Waals surface area contributed by atoms with Crippen LogP contribution in [0.4, 0.5) is 0 Å². The van der Waals surface area contributed by atoms with E-state index < -0.39 is 0 Å². The normalized spacial score (nSPS) is 18.8. The molecule has 9 heteroatoms. The maximum atomic E-state index is 14.0. The molecule has 1 atom stereocenters. The van der Waals surface area contributed by atoms with E-state index in [2.05, 4.69) is 0 Å². The van der Waals surface area contributed by atoms with E-state index in [4.69, 9.17) is 14.8 Å². The third kappa shape index (κ3) is 5.07. The molecule has 7 rings (SSSR count). The fraction of sp³-hybridized carbons (Fsp3) is 0.394. The van der Waals surface area contributed by atoms with Gasteiger partial charge in [-0.15, -0.1) is 11.3 Å². The number of nitrogens with zero attached hydrogens (tertiary/aromatic N) is 4. The van der Waals surface area contributed by atoms with Gasteiger partial charge in [0.1, 0.15) is 10.6 Å². The predicted octanol–water partition coefficient (Wildman–Crippen LogP) is 6.93. The summed E-state index contributed by atoms with van der Waals surface area (Å²) in [7, 11) is 1.65. The molecule has 7 nitrogen and oxygen atoms in total. The summed E-state index contributed by atoms with van der Waals surface area (Å²) in [6.07, 6.45) is 9.13. The first-order valence-corrected chi connectivity index (χ1v) is 16.7. The molecule has 1 amide bonds. The van der Waals surface area contributed by atoms with Crippen LogP contribution >= 0.6 is 23.1 Å². The molecule has 2 aromatic heterocycles. The maximum Gasteiger partial charge on any atom is 0.263 e. The highest BCUT2D eigenvalue weighted by atomic mass is 32.2. The number of aryl methyl sites for hydroxylation is 2. The number of rotatable bonds is 7. The topological polar surface area (TPSA) is 76.8 Å². The minimum atomic E-state index is -0.212. The minimum Gasteiger partial charge on any atom is -0.497 e. The van der Waals surface area contributed by atoms with Gasteiger partial charge in [-0.3, -0.25) is 14.2 Å². The number of hydrogen-bond acceptors (Lipinski definition) is 7. The molecule has 2 aromatic carbocycles. The number of aromatic nitrogens is 2. The van der Waals surface area contributed by atoms with E-state index in [1.54, 1.807) is 23.5 Å². The standard InChI is InChI=1S/C33H34N4O3S2/c1-40-24-17-15-22(16-18-24)27-19-26(21-9-3-2-4-10-21)35-37(27)29(38)20-41-33-34-31-30(25-13-7-8-14-28(25)42-31)32(39)36(33)23-11-5-6-12-23/h2-4,9-10,15-18,23,27H,5-8,11-14,19-20H2,1H3. The average Bonchev–Trinajstić information content (AvgIpc) is 3.79. The highest BCUT2D eigenvalue weighted by molar-refractivity contribution is 7.99. The molecule has 1 unspecified atom stereocenters. The lowest BCUT2D eigenvalue weighted by atomic mass is 9.97. The van der Waals surface area contributed by atoms with Gasteiger partial charge in [-0.05, 0) is 67.3 Å². The summed E-state index contributed by atoms with van der Waals surface area (Å²) in [4.78, 5) is 35.2. The van der Waals surface area contributed by atoms with Crippen molar-refractivity contribution in [3.63, 3.8) is 0 Å². The van der Waals surface area contributed by atoms with Crippen LogP contribution in [0.3, 0.4) is 0 Å². The van der Waals surface area contributed by atoms with Gasteiger partial charge in [-0.25, -0.2) is 9.99 Å². The fourth-order valence-corrected chi connectivity index (χ4v) is 8.83. The quantitative estimate of drug-likeness (QED) is 0.170. The predicted molar refractivity (Wildman–Crippen MR) is 169 cm³/mol. The fourth-order valence-electron chi connectivity index (χ4n) is 6.61. The Labute approximate surface area is 253 Å². The van der Waals surface area contributed by atoms with Gasteiger partial charge in [0.05, 0.1) is 30.0 Å². The second kappa shape index (κ2) is 11.7. The largest absolute Gasteiger partial charge is 0.497 e. The van der Waals surface area contributed by atoms with Crippen LogP contribution in [0.15, 0.2) is 69.6 Å². The summed E-state index contributed by atoms with van der Waals surface area (Å²) in [5.74, 6) is 0.842. The molecule has 1 saturated carbocycles. The van der Waals surface area contributed by atoms with Crippen LogP contribution in [0, 0.1) is 0 Å². The van der Waals surface area contributed by atoms with Crippen molar-refractivity contribution in [2.45, 2.75) is 75.0 Å². The lowest BCUT2D eigenvalue weighted by Crippen LogP contribution is -2.30. The maximum absolute atomic E-state index is 14.0. The molecule has 1 aliphatic heterocycles. The zero-order valence-electron chi connectivity index (χ0n) is 23.8. The van der Waals surface area contributed by atoms with Crippen LogP contribution in [0.1, 0.15) is 78.6 Å². The van der Waals surface area contributed by atoms with Crippen molar-refractivity contribution in [1.29, 1.82) is 0 Å². The number of benzene rings is 2. The molecule has 1 fully saturated rings. The molecular formula is C33H34N4O3S2. The van der Waals surface area contributed by atoms with E-state index in [-0.39, 0.29) is 29.3 Å². The number of ether oxygens (including phenoxy) is 1. The molecule has 4 aromatic rings. The molecule has 0 bridgehead atoms. The second-order valence-corrected chi connectivity index (χ2v) is 13.4. The lowest BCUT2D eigenvalue weighted by molar-refractivity contribution is -0.130. The lowest BCUT2D eigenvalue weighted by Gasteiger charge is -2.23. The molecule has 0 N–H and O–H groups in total. The number of methoxy groups -OCH3 is 1. The number of hydrazone groups is 1. The molecule has 216 valence electrons. The van der Waals surface area contributed by atoms with Crippen LogP contribution in [0.25, 0.3) is 10.2 Å². The van der Waals surface area contributed by atoms with Crippen molar-refractivity contribution in [2.75, 3.05) is 12.9 Å². The van der Waals surface area contributed by atoms with Gasteiger partial charge in [0.15, 0.2) is 5.16 Å². The van der Waals surface area contributed by atoms with Crippen molar-refractivity contribution in [1.82, 2.24) is 14.6 Å². The summed E-state index contributed by atoms with van der Waals surface area (Å²) in [6.45, 7) is 0. The average molecular weight is 599 g/mol. The van der Waals surface area contributed by atoms with Crippen LogP contribution < -0.4 is 10.3 Å². The van der Waals surface area contributed by atoms with Gasteiger partial charge in [0.2, 0.25) is 0 Å². The summed E-state index contributed by atoms with van der Waals surface area (Å²) >= 11 is 3.05. The third-order valence-electron chi connectivity index (χ3n) is 8.78. The summed E-state index contributed by atoms with van der Waals surface area (Å²) in [6, 6.07) is 17.8. The zero-order chi connectivity index (χ0) is 28.6. The first kappa shape index (κ1) is 27.4. The monoisotopic (exact) mass is 598 g/mol. The van der Waals surface area contributed by atoms with Crippen molar-refractivity contribution in [2.24, 2.45) is 5.10 Å². The Morgan fingerprint density at radius 3 is 2.55 bits per heavy atom. The Morgan fingerprint density at radius 2 is 1.79 bits per heavy atom. The first-order valence-electron chi connectivity index (χ1n) is 14.9. The molecule has 0 spiro atoms. The van der Waals surface area contributed by atoms with Crippen LogP contribution in [-0.4, -0.2) is 39.0 Å². The van der Waals surface area contributed by atoms with Crippen molar-refractivity contribution < 1.29 is 9.53 Å². The van der Waals surface area contributed by atoms with Gasteiger partial charge >= 0.3 is 0 Å². The minimum absolute atomic E-state index is 0.0860. The van der Waals surface area contributed by atoms with Gasteiger partial charge < -0.3 is 4.74 Å². The number of fused-ring (bicyclic) bond motifs is 3. The Morgan fingerprint density at radius 1 is 1.02 bits per heavy atom. The smallest absolute Gasteiger partial charge is 0.263 e. The zero-order valence-corrected chi connectivity index (χ0v) is 25.4. The van der Waals surface area contributed by atoms with E-state index in [1.807, 2.05) is 59.2 Å². The first-order chi connectivity index (χ1) is 20.6. The highest BCUT2D eigenvalue weighted by Gasteiger charge is 2.34. The van der Waals surface area contributed by atoms with E-state index in [0.29, 0.717) is 11.6 Å². The molecule has 42 heavy (non-hydrogen) atoms. The van der Waals surface area contributed by atoms with Crippen LogP contribution in [0.2, 0.25) is 0 Å². The number of amides is 1. The summed E-state index contributed by atoms with van der Waals surface area (Å²) < 4.78 is 7.29. The second-order valence-electron chi connectivity index (χ2n) is 11.3. The highest BCUT2D eigenvalue weighted by Crippen LogP contribution is 2.38. The summed E-state index contributed by atoms with van der Waals surface area (Å²) in [5, 5.41) is 7.98. The SMILES string of the molecule is COc1ccc(C2CC(c3ccccc3)=NN2C(=O)CSc2nc3sc4c(c3c(=O)n2C2CCCC2)CCCC4)cc1. The van der Waals surface area contributed by atoms with Gasteiger partial charge in [-0.2, -0.15) is 5.10 Å². The number of carbonyl (C=O) groups excluding carboxylic acids is 1. The van der Waals surface area contributed by atoms with E-state index >= 15 is 0 Å². The Kier molecular flexibility index (Phi) is 7.63. The van der Waals surface area contributed by atoms with Crippen molar-refractivity contribution >= 4 is 44.9 Å². The van der Waals surface area contributed by atoms with E-state index in [1.165, 1.54) is 28.6 Å². The molecule has 2 aliphatic carbocycles. The van der Waals surface area contributed by atoms with E-state index in [9.17, 15) is 9.59 Å². The molecular weight excluding hydrogens is 565 g/mol. The Bertz CT molecular complexity index is 1710. The number of hydrogen-bond donors (Lipinski definition) is 0. The third-order valence-corrected chi connectivity index (χ3v) is 10.9. The van der Waals surface area contributed by atoms with Crippen molar-refractivity contribution in [3.05, 3.63) is 86.5 Å². The van der Waals surface area contributed by atoms with Crippen LogP contribution in [-0.2, 0) is 17.6 Å². The molecule has 0 radical (unpaired) electrons. The summed E-state index contributed by atoms with van der Waals surface area (Å²) in [5.41, 5.74) is 4.22. The van der Waals surface area contributed by atoms with E-state index in [0.717, 1.165) is 77.8 Å². The van der Waals surface area contributed by atoms with Gasteiger partial charge in [0, 0.05) is 17.3 Å². The Balaban J connectivity index is 1.21. The van der Waals surface area contributed by atoms with Crippen LogP contribution in [0.5, 0.6) is 5.75 Å². The molecule has 0 saturated heterocycles. The van der Waals surface area contributed by atoms with Crippen molar-refractivity contribution in [3.8, 4) is 5.75 Å². The number of thiophene rings is 1. The van der Waals surface area contributed by atoms with Gasteiger partial charge in [0.25, 0.3) is 11.5 Å². The number of carbonyl (C=O) groups is 1.